The van der Waals surface area contributed by atoms with Gasteiger partial charge in [0.25, 0.3) is 0 Å². The second-order valence-corrected chi connectivity index (χ2v) is 4.81. The average molecular weight is 246 g/mol. The minimum Gasteiger partial charge on any atom is -0.381 e. The van der Waals surface area contributed by atoms with E-state index >= 15 is 0 Å². The highest BCUT2D eigenvalue weighted by molar-refractivity contribution is 5.38. The van der Waals surface area contributed by atoms with Crippen molar-refractivity contribution >= 4 is 5.65 Å². The maximum atomic E-state index is 5.70. The molecule has 2 aromatic rings. The molecule has 0 spiro atoms. The van der Waals surface area contributed by atoms with Crippen LogP contribution in [-0.4, -0.2) is 27.8 Å². The van der Waals surface area contributed by atoms with Gasteiger partial charge in [0.05, 0.1) is 5.69 Å². The van der Waals surface area contributed by atoms with Crippen LogP contribution in [0.15, 0.2) is 18.2 Å². The molecule has 2 N–H and O–H groups in total. The average Bonchev–Trinajstić information content (AvgIpc) is 2.82. The highest BCUT2D eigenvalue weighted by Gasteiger charge is 2.17. The Balaban J connectivity index is 1.84. The fraction of sp³-hybridized carbons (Fsp3) is 0.538. The lowest BCUT2D eigenvalue weighted by molar-refractivity contribution is 0.0543. The summed E-state index contributed by atoms with van der Waals surface area (Å²) in [5.41, 5.74) is 7.57. The predicted octanol–water partition coefficient (Wildman–Crippen LogP) is 1.16. The van der Waals surface area contributed by atoms with E-state index in [-0.39, 0.29) is 0 Å². The summed E-state index contributed by atoms with van der Waals surface area (Å²) < 4.78 is 7.34. The van der Waals surface area contributed by atoms with E-state index in [1.165, 1.54) is 6.42 Å². The van der Waals surface area contributed by atoms with Crippen molar-refractivity contribution in [2.45, 2.75) is 25.8 Å². The lowest BCUT2D eigenvalue weighted by atomic mass is 9.98. The number of nitrogens with two attached hydrogens (primary N) is 1. The Bertz CT molecular complexity index is 531. The normalized spacial score (nSPS) is 20.4. The number of rotatable bonds is 3. The quantitative estimate of drug-likeness (QED) is 0.882. The molecule has 1 aliphatic rings. The maximum Gasteiger partial charge on any atom is 0.155 e. The third-order valence-corrected chi connectivity index (χ3v) is 3.42. The largest absolute Gasteiger partial charge is 0.381 e. The van der Waals surface area contributed by atoms with Crippen LogP contribution in [0.4, 0.5) is 0 Å². The molecule has 1 unspecified atom stereocenters. The zero-order chi connectivity index (χ0) is 12.4. The van der Waals surface area contributed by atoms with Gasteiger partial charge in [-0.3, -0.25) is 0 Å². The van der Waals surface area contributed by atoms with Crippen LogP contribution in [0.2, 0.25) is 0 Å². The van der Waals surface area contributed by atoms with E-state index in [1.807, 2.05) is 22.7 Å². The summed E-state index contributed by atoms with van der Waals surface area (Å²) in [4.78, 5) is 4.56. The van der Waals surface area contributed by atoms with Crippen LogP contribution in [0.3, 0.4) is 0 Å². The van der Waals surface area contributed by atoms with Crippen molar-refractivity contribution in [1.29, 1.82) is 0 Å². The highest BCUT2D eigenvalue weighted by atomic mass is 16.5. The summed E-state index contributed by atoms with van der Waals surface area (Å²) in [6.07, 6.45) is 3.25. The van der Waals surface area contributed by atoms with E-state index in [2.05, 4.69) is 10.1 Å². The predicted molar refractivity (Wildman–Crippen MR) is 68.1 cm³/mol. The van der Waals surface area contributed by atoms with Gasteiger partial charge < -0.3 is 10.5 Å². The van der Waals surface area contributed by atoms with E-state index in [0.29, 0.717) is 12.5 Å². The van der Waals surface area contributed by atoms with Gasteiger partial charge in [0.2, 0.25) is 0 Å². The van der Waals surface area contributed by atoms with Crippen LogP contribution in [-0.2, 0) is 17.7 Å². The Morgan fingerprint density at radius 2 is 2.39 bits per heavy atom. The van der Waals surface area contributed by atoms with Gasteiger partial charge >= 0.3 is 0 Å². The minimum absolute atomic E-state index is 0.479. The van der Waals surface area contributed by atoms with Gasteiger partial charge in [-0.1, -0.05) is 6.07 Å². The van der Waals surface area contributed by atoms with E-state index in [4.69, 9.17) is 10.5 Å². The first-order valence-corrected chi connectivity index (χ1v) is 6.48. The van der Waals surface area contributed by atoms with Gasteiger partial charge in [0.1, 0.15) is 0 Å². The first-order valence-electron chi connectivity index (χ1n) is 6.48. The number of nitrogens with zero attached hydrogens (tertiary/aromatic N) is 3. The van der Waals surface area contributed by atoms with Crippen molar-refractivity contribution in [1.82, 2.24) is 14.6 Å². The molecule has 0 bridgehead atoms. The van der Waals surface area contributed by atoms with Crippen molar-refractivity contribution in [3.63, 3.8) is 0 Å². The van der Waals surface area contributed by atoms with Gasteiger partial charge in [-0.05, 0) is 30.9 Å². The first kappa shape index (κ1) is 11.6. The van der Waals surface area contributed by atoms with Crippen molar-refractivity contribution in [2.75, 3.05) is 13.2 Å². The molecule has 0 saturated carbocycles. The molecule has 18 heavy (non-hydrogen) atoms. The molecular weight excluding hydrogens is 228 g/mol. The van der Waals surface area contributed by atoms with Crippen LogP contribution >= 0.6 is 0 Å². The Kier molecular flexibility index (Phi) is 3.25. The first-order chi connectivity index (χ1) is 8.86. The molecule has 96 valence electrons. The lowest BCUT2D eigenvalue weighted by Crippen LogP contribution is -2.19. The SMILES string of the molecule is NCc1cccc2nc(CC3CCCOC3)nn12. The minimum atomic E-state index is 0.479. The van der Waals surface area contributed by atoms with E-state index < -0.39 is 0 Å². The molecule has 5 heteroatoms. The number of hydrogen-bond donors (Lipinski definition) is 1. The Labute approximate surface area is 106 Å². The van der Waals surface area contributed by atoms with E-state index in [1.54, 1.807) is 0 Å². The zero-order valence-corrected chi connectivity index (χ0v) is 10.4. The van der Waals surface area contributed by atoms with Crippen LogP contribution in [0.5, 0.6) is 0 Å². The van der Waals surface area contributed by atoms with Gasteiger partial charge in [0.15, 0.2) is 11.5 Å². The topological polar surface area (TPSA) is 65.4 Å². The van der Waals surface area contributed by atoms with Crippen molar-refractivity contribution in [2.24, 2.45) is 11.7 Å². The smallest absolute Gasteiger partial charge is 0.155 e. The fourth-order valence-electron chi connectivity index (χ4n) is 2.47. The monoisotopic (exact) mass is 246 g/mol. The van der Waals surface area contributed by atoms with Crippen LogP contribution in [0, 0.1) is 5.92 Å². The summed E-state index contributed by atoms with van der Waals surface area (Å²) in [5, 5.41) is 4.55. The lowest BCUT2D eigenvalue weighted by Gasteiger charge is -2.20. The van der Waals surface area contributed by atoms with Gasteiger partial charge in [-0.2, -0.15) is 5.10 Å². The van der Waals surface area contributed by atoms with Gasteiger partial charge in [-0.15, -0.1) is 0 Å². The highest BCUT2D eigenvalue weighted by Crippen LogP contribution is 2.17. The van der Waals surface area contributed by atoms with Crippen molar-refractivity contribution in [3.8, 4) is 0 Å². The third-order valence-electron chi connectivity index (χ3n) is 3.42. The van der Waals surface area contributed by atoms with Crippen LogP contribution in [0.25, 0.3) is 5.65 Å². The summed E-state index contributed by atoms with van der Waals surface area (Å²) in [5.74, 6) is 1.45. The molecule has 0 amide bonds. The number of hydrogen-bond acceptors (Lipinski definition) is 4. The molecule has 1 fully saturated rings. The molecule has 0 aromatic carbocycles. The molecule has 3 rings (SSSR count). The second kappa shape index (κ2) is 5.04. The third kappa shape index (κ3) is 2.23. The number of aromatic nitrogens is 3. The molecule has 1 aliphatic heterocycles. The maximum absolute atomic E-state index is 5.70. The second-order valence-electron chi connectivity index (χ2n) is 4.81. The zero-order valence-electron chi connectivity index (χ0n) is 10.4. The molecule has 1 saturated heterocycles. The van der Waals surface area contributed by atoms with Gasteiger partial charge in [-0.25, -0.2) is 9.50 Å². The van der Waals surface area contributed by atoms with Crippen LogP contribution < -0.4 is 5.73 Å². The molecular formula is C13H18N4O. The van der Waals surface area contributed by atoms with Gasteiger partial charge in [0, 0.05) is 26.2 Å². The molecule has 0 radical (unpaired) electrons. The van der Waals surface area contributed by atoms with Crippen molar-refractivity contribution < 1.29 is 4.74 Å². The summed E-state index contributed by atoms with van der Waals surface area (Å²) in [6, 6.07) is 5.92. The molecule has 1 atom stereocenters. The summed E-state index contributed by atoms with van der Waals surface area (Å²) >= 11 is 0. The summed E-state index contributed by atoms with van der Waals surface area (Å²) in [6.45, 7) is 2.21. The van der Waals surface area contributed by atoms with Crippen LogP contribution in [0.1, 0.15) is 24.4 Å². The summed E-state index contributed by atoms with van der Waals surface area (Å²) in [7, 11) is 0. The van der Waals surface area contributed by atoms with Crippen molar-refractivity contribution in [3.05, 3.63) is 29.7 Å². The molecule has 3 heterocycles. The molecule has 2 aromatic heterocycles. The molecule has 0 aliphatic carbocycles. The molecule has 5 nitrogen and oxygen atoms in total. The number of pyridine rings is 1. The Morgan fingerprint density at radius 3 is 3.17 bits per heavy atom. The Hall–Kier alpha value is -1.46. The fourth-order valence-corrected chi connectivity index (χ4v) is 2.47. The Morgan fingerprint density at radius 1 is 1.44 bits per heavy atom. The standard InChI is InChI=1S/C13H18N4O/c14-8-11-4-1-5-13-15-12(16-17(11)13)7-10-3-2-6-18-9-10/h1,4-5,10H,2-3,6-9,14H2. The van der Waals surface area contributed by atoms with E-state index in [0.717, 1.165) is 43.2 Å². The number of fused-ring (bicyclic) bond motifs is 1. The number of ether oxygens (including phenoxy) is 1. The van der Waals surface area contributed by atoms with E-state index in [9.17, 15) is 0 Å².